The van der Waals surface area contributed by atoms with Gasteiger partial charge in [0.15, 0.2) is 0 Å². The number of fused-ring (bicyclic) bond motifs is 1. The first kappa shape index (κ1) is 26.9. The fourth-order valence-electron chi connectivity index (χ4n) is 4.63. The molecule has 0 spiro atoms. The average Bonchev–Trinajstić information content (AvgIpc) is 3.39. The first-order chi connectivity index (χ1) is 18.0. The molecule has 2 aromatic carbocycles. The lowest BCUT2D eigenvalue weighted by Crippen LogP contribution is -2.48. The third kappa shape index (κ3) is 6.99. The molecule has 0 unspecified atom stereocenters. The zero-order valence-electron chi connectivity index (χ0n) is 21.9. The van der Waals surface area contributed by atoms with E-state index in [4.69, 9.17) is 9.47 Å². The minimum Gasteiger partial charge on any atom is -0.491 e. The van der Waals surface area contributed by atoms with Crippen LogP contribution in [0.4, 0.5) is 0 Å². The normalized spacial score (nSPS) is 14.9. The van der Waals surface area contributed by atoms with Crippen LogP contribution in [0.1, 0.15) is 47.4 Å². The van der Waals surface area contributed by atoms with Crippen molar-refractivity contribution in [3.8, 4) is 5.75 Å². The minimum atomic E-state index is -0.194. The van der Waals surface area contributed by atoms with Crippen LogP contribution in [0.3, 0.4) is 0 Å². The minimum absolute atomic E-state index is 0.0219. The molecule has 37 heavy (non-hydrogen) atoms. The summed E-state index contributed by atoms with van der Waals surface area (Å²) in [6.07, 6.45) is 1.07. The Morgan fingerprint density at radius 2 is 1.84 bits per heavy atom. The lowest BCUT2D eigenvalue weighted by atomic mass is 10.00. The lowest BCUT2D eigenvalue weighted by molar-refractivity contribution is -0.142. The van der Waals surface area contributed by atoms with Crippen molar-refractivity contribution in [3.63, 3.8) is 0 Å². The van der Waals surface area contributed by atoms with Crippen molar-refractivity contribution in [1.82, 2.24) is 9.80 Å². The topological polar surface area (TPSA) is 59.1 Å². The Balaban J connectivity index is 1.47. The van der Waals surface area contributed by atoms with Gasteiger partial charge in [0.25, 0.3) is 0 Å². The predicted octanol–water partition coefficient (Wildman–Crippen LogP) is 5.09. The van der Waals surface area contributed by atoms with Crippen LogP contribution in [0.2, 0.25) is 0 Å². The lowest BCUT2D eigenvalue weighted by Gasteiger charge is -2.37. The molecule has 6 nitrogen and oxygen atoms in total. The largest absolute Gasteiger partial charge is 0.491 e. The quantitative estimate of drug-likeness (QED) is 0.353. The number of hydrogen-bond acceptors (Lipinski definition) is 5. The number of benzene rings is 2. The highest BCUT2D eigenvalue weighted by atomic mass is 32.1. The third-order valence-corrected chi connectivity index (χ3v) is 7.81. The highest BCUT2D eigenvalue weighted by Gasteiger charge is 2.33. The van der Waals surface area contributed by atoms with Gasteiger partial charge in [-0.1, -0.05) is 56.3 Å². The fourth-order valence-corrected chi connectivity index (χ4v) is 5.56. The Labute approximate surface area is 223 Å². The van der Waals surface area contributed by atoms with Gasteiger partial charge >= 0.3 is 0 Å². The van der Waals surface area contributed by atoms with Crippen LogP contribution in [0.25, 0.3) is 0 Å². The van der Waals surface area contributed by atoms with Crippen LogP contribution in [0.15, 0.2) is 66.0 Å². The van der Waals surface area contributed by atoms with Crippen LogP contribution in [0, 0.1) is 0 Å². The number of amides is 2. The number of nitrogens with zero attached hydrogens (tertiary/aromatic N) is 2. The highest BCUT2D eigenvalue weighted by Crippen LogP contribution is 2.34. The molecule has 0 N–H and O–H groups in total. The first-order valence-electron chi connectivity index (χ1n) is 12.9. The molecule has 0 saturated carbocycles. The van der Waals surface area contributed by atoms with Gasteiger partial charge in [0.2, 0.25) is 11.8 Å². The summed E-state index contributed by atoms with van der Waals surface area (Å²) in [6, 6.07) is 19.7. The van der Waals surface area contributed by atoms with Crippen LogP contribution in [-0.2, 0) is 27.2 Å². The number of rotatable bonds is 11. The van der Waals surface area contributed by atoms with E-state index in [1.54, 1.807) is 23.3 Å². The number of carbonyl (C=O) groups excluding carboxylic acids is 2. The molecule has 0 bridgehead atoms. The molecule has 1 atom stereocenters. The number of methoxy groups -OCH3 is 1. The second-order valence-electron chi connectivity index (χ2n) is 9.66. The van der Waals surface area contributed by atoms with Gasteiger partial charge in [-0.2, -0.15) is 0 Å². The summed E-state index contributed by atoms with van der Waals surface area (Å²) in [5, 5.41) is 2.08. The molecular weight excluding hydrogens is 484 g/mol. The summed E-state index contributed by atoms with van der Waals surface area (Å²) in [4.78, 5) is 31.6. The summed E-state index contributed by atoms with van der Waals surface area (Å²) in [5.74, 6) is 1.10. The van der Waals surface area contributed by atoms with E-state index in [9.17, 15) is 9.59 Å². The molecule has 0 radical (unpaired) electrons. The smallest absolute Gasteiger partial charge is 0.242 e. The van der Waals surface area contributed by atoms with Crippen molar-refractivity contribution >= 4 is 23.2 Å². The van der Waals surface area contributed by atoms with Crippen LogP contribution >= 0.6 is 11.3 Å². The molecule has 1 aliphatic rings. The van der Waals surface area contributed by atoms with Crippen molar-refractivity contribution in [3.05, 3.63) is 87.6 Å². The molecule has 4 rings (SSSR count). The Morgan fingerprint density at radius 1 is 1.08 bits per heavy atom. The van der Waals surface area contributed by atoms with E-state index in [2.05, 4.69) is 37.4 Å². The number of ether oxygens (including phenoxy) is 2. The van der Waals surface area contributed by atoms with Gasteiger partial charge in [0.1, 0.15) is 12.4 Å². The van der Waals surface area contributed by atoms with Crippen molar-refractivity contribution in [1.29, 1.82) is 0 Å². The van der Waals surface area contributed by atoms with E-state index in [0.717, 1.165) is 23.3 Å². The van der Waals surface area contributed by atoms with Crippen LogP contribution in [-0.4, -0.2) is 61.6 Å². The van der Waals surface area contributed by atoms with Crippen LogP contribution < -0.4 is 4.74 Å². The zero-order valence-corrected chi connectivity index (χ0v) is 22.7. The van der Waals surface area contributed by atoms with E-state index in [1.807, 2.05) is 47.4 Å². The van der Waals surface area contributed by atoms with Crippen molar-refractivity contribution in [2.24, 2.45) is 0 Å². The molecule has 0 fully saturated rings. The van der Waals surface area contributed by atoms with E-state index >= 15 is 0 Å². The third-order valence-electron chi connectivity index (χ3n) is 6.81. The van der Waals surface area contributed by atoms with Crippen molar-refractivity contribution < 1.29 is 19.1 Å². The molecule has 196 valence electrons. The second kappa shape index (κ2) is 12.9. The zero-order chi connectivity index (χ0) is 26.2. The molecule has 2 amide bonds. The van der Waals surface area contributed by atoms with E-state index in [1.165, 1.54) is 10.4 Å². The van der Waals surface area contributed by atoms with Crippen molar-refractivity contribution in [2.45, 2.75) is 38.6 Å². The Kier molecular flexibility index (Phi) is 9.36. The molecule has 0 saturated heterocycles. The molecule has 0 aliphatic carbocycles. The molecule has 1 aliphatic heterocycles. The molecule has 7 heteroatoms. The Hall–Kier alpha value is -3.16. The first-order valence-corrected chi connectivity index (χ1v) is 13.7. The van der Waals surface area contributed by atoms with E-state index in [0.29, 0.717) is 32.2 Å². The molecule has 1 aromatic heterocycles. The SMILES string of the molecule is COCCN(CC(=O)N1CCc2sccc2[C@H]1COc1ccc(C(C)C)cc1)C(=O)Cc1ccccc1. The van der Waals surface area contributed by atoms with Crippen molar-refractivity contribution in [2.75, 3.05) is 40.0 Å². The standard InChI is InChI=1S/C30H36N2O4S/c1-22(2)24-9-11-25(12-10-24)36-21-27-26-14-18-37-28(26)13-15-32(27)30(34)20-31(16-17-35-3)29(33)19-23-7-5-4-6-8-23/h4-12,14,18,22,27H,13,15-17,19-21H2,1-3H3/t27-/m1/s1. The second-order valence-corrected chi connectivity index (χ2v) is 10.7. The predicted molar refractivity (Wildman–Crippen MR) is 147 cm³/mol. The maximum Gasteiger partial charge on any atom is 0.242 e. The molecule has 2 heterocycles. The molecule has 3 aromatic rings. The fraction of sp³-hybridized carbons (Fsp3) is 0.400. The monoisotopic (exact) mass is 520 g/mol. The van der Waals surface area contributed by atoms with Gasteiger partial charge < -0.3 is 19.3 Å². The Bertz CT molecular complexity index is 1160. The Morgan fingerprint density at radius 3 is 2.54 bits per heavy atom. The summed E-state index contributed by atoms with van der Waals surface area (Å²) in [5.41, 5.74) is 3.33. The summed E-state index contributed by atoms with van der Waals surface area (Å²) in [7, 11) is 1.60. The summed E-state index contributed by atoms with van der Waals surface area (Å²) < 4.78 is 11.4. The average molecular weight is 521 g/mol. The number of carbonyl (C=O) groups is 2. The van der Waals surface area contributed by atoms with Gasteiger partial charge in [-0.3, -0.25) is 9.59 Å². The van der Waals surface area contributed by atoms with Crippen LogP contribution in [0.5, 0.6) is 5.75 Å². The number of hydrogen-bond donors (Lipinski definition) is 0. The van der Waals surface area contributed by atoms with E-state index in [-0.39, 0.29) is 30.8 Å². The van der Waals surface area contributed by atoms with Gasteiger partial charge in [-0.05, 0) is 52.6 Å². The molecular formula is C30H36N2O4S. The summed E-state index contributed by atoms with van der Waals surface area (Å²) >= 11 is 1.73. The van der Waals surface area contributed by atoms with Gasteiger partial charge in [-0.25, -0.2) is 0 Å². The van der Waals surface area contributed by atoms with Gasteiger partial charge in [0, 0.05) is 25.1 Å². The van der Waals surface area contributed by atoms with E-state index < -0.39 is 0 Å². The maximum absolute atomic E-state index is 13.6. The highest BCUT2D eigenvalue weighted by molar-refractivity contribution is 7.10. The maximum atomic E-state index is 13.6. The van der Waals surface area contributed by atoms with Gasteiger partial charge in [0.05, 0.1) is 25.6 Å². The van der Waals surface area contributed by atoms with Gasteiger partial charge in [-0.15, -0.1) is 11.3 Å². The summed E-state index contributed by atoms with van der Waals surface area (Å²) in [6.45, 7) is 6.08. The number of thiophene rings is 1.